The fourth-order valence-electron chi connectivity index (χ4n) is 3.20. The number of carbonyl (C=O) groups is 3. The van der Waals surface area contributed by atoms with Crippen molar-refractivity contribution in [2.45, 2.75) is 18.1 Å². The Morgan fingerprint density at radius 2 is 1.37 bits per heavy atom. The predicted octanol–water partition coefficient (Wildman–Crippen LogP) is 5.01. The third kappa shape index (κ3) is 5.15. The highest BCUT2D eigenvalue weighted by atomic mass is 32.2. The van der Waals surface area contributed by atoms with Gasteiger partial charge in [-0.15, -0.1) is 0 Å². The number of hydrogen-bond acceptors (Lipinski definition) is 4. The van der Waals surface area contributed by atoms with Crippen molar-refractivity contribution in [1.29, 1.82) is 0 Å². The summed E-state index contributed by atoms with van der Waals surface area (Å²) < 4.78 is 0. The number of carboxylic acid groups (broad SMARTS) is 2. The molecule has 1 unspecified atom stereocenters. The van der Waals surface area contributed by atoms with Crippen molar-refractivity contribution in [3.05, 3.63) is 95.6 Å². The first kappa shape index (κ1) is 21.3. The monoisotopic (exact) mass is 420 g/mol. The minimum atomic E-state index is -1.22. The first-order valence-corrected chi connectivity index (χ1v) is 10.2. The fraction of sp³-hybridized carbons (Fsp3) is 0.125. The third-order valence-corrected chi connectivity index (χ3v) is 5.84. The van der Waals surface area contributed by atoms with Gasteiger partial charge in [0, 0.05) is 5.56 Å². The molecule has 0 aliphatic rings. The molecule has 3 aromatic rings. The van der Waals surface area contributed by atoms with Gasteiger partial charge in [0.15, 0.2) is 0 Å². The van der Waals surface area contributed by atoms with Crippen LogP contribution in [0.25, 0.3) is 11.1 Å². The molecule has 152 valence electrons. The molecule has 3 aromatic carbocycles. The fourth-order valence-corrected chi connectivity index (χ4v) is 4.10. The van der Waals surface area contributed by atoms with E-state index >= 15 is 0 Å². The number of aryl methyl sites for hydroxylation is 1. The van der Waals surface area contributed by atoms with Crippen molar-refractivity contribution in [3.63, 3.8) is 0 Å². The summed E-state index contributed by atoms with van der Waals surface area (Å²) in [4.78, 5) is 35.7. The molecule has 6 heteroatoms. The average molecular weight is 420 g/mol. The van der Waals surface area contributed by atoms with Gasteiger partial charge < -0.3 is 10.2 Å². The van der Waals surface area contributed by atoms with Gasteiger partial charge in [0.25, 0.3) is 0 Å². The summed E-state index contributed by atoms with van der Waals surface area (Å²) >= 11 is 0.657. The summed E-state index contributed by atoms with van der Waals surface area (Å²) in [7, 11) is 0. The van der Waals surface area contributed by atoms with Gasteiger partial charge >= 0.3 is 11.9 Å². The number of aromatic carboxylic acids is 1. The van der Waals surface area contributed by atoms with Crippen LogP contribution in [0.2, 0.25) is 0 Å². The molecule has 0 amide bonds. The molecule has 2 N–H and O–H groups in total. The quantitative estimate of drug-likeness (QED) is 0.532. The van der Waals surface area contributed by atoms with E-state index in [9.17, 15) is 24.6 Å². The maximum Gasteiger partial charge on any atom is 0.336 e. The zero-order valence-corrected chi connectivity index (χ0v) is 16.8. The average Bonchev–Trinajstić information content (AvgIpc) is 2.77. The van der Waals surface area contributed by atoms with E-state index in [-0.39, 0.29) is 17.5 Å². The van der Waals surface area contributed by atoms with E-state index in [0.717, 1.165) is 16.7 Å². The van der Waals surface area contributed by atoms with Gasteiger partial charge in [0.1, 0.15) is 5.25 Å². The lowest BCUT2D eigenvalue weighted by molar-refractivity contribution is -0.136. The Labute approximate surface area is 178 Å². The van der Waals surface area contributed by atoms with E-state index < -0.39 is 22.3 Å². The van der Waals surface area contributed by atoms with E-state index in [1.807, 2.05) is 54.6 Å². The van der Waals surface area contributed by atoms with Crippen molar-refractivity contribution in [2.75, 3.05) is 0 Å². The molecule has 0 saturated carbocycles. The summed E-state index contributed by atoms with van der Waals surface area (Å²) in [6, 6.07) is 23.4. The Hall–Kier alpha value is -3.38. The number of carbonyl (C=O) groups excluding carboxylic acids is 1. The molecule has 0 aliphatic carbocycles. The lowest BCUT2D eigenvalue weighted by Crippen LogP contribution is -2.20. The molecule has 0 heterocycles. The Kier molecular flexibility index (Phi) is 7.03. The van der Waals surface area contributed by atoms with Gasteiger partial charge in [-0.25, -0.2) is 4.79 Å². The van der Waals surface area contributed by atoms with Crippen LogP contribution in [0.3, 0.4) is 0 Å². The molecular formula is C24H20O5S. The molecule has 0 fully saturated rings. The van der Waals surface area contributed by atoms with Crippen LogP contribution < -0.4 is 0 Å². The minimum Gasteiger partial charge on any atom is -0.480 e. The Bertz CT molecular complexity index is 1060. The Morgan fingerprint density at radius 1 is 0.767 bits per heavy atom. The van der Waals surface area contributed by atoms with Gasteiger partial charge in [0.2, 0.25) is 5.12 Å². The van der Waals surface area contributed by atoms with Crippen LogP contribution in [0, 0.1) is 0 Å². The molecule has 0 spiro atoms. The highest BCUT2D eigenvalue weighted by Gasteiger charge is 2.25. The Morgan fingerprint density at radius 3 is 2.03 bits per heavy atom. The van der Waals surface area contributed by atoms with E-state index in [2.05, 4.69) is 0 Å². The van der Waals surface area contributed by atoms with E-state index in [0.29, 0.717) is 18.2 Å². The molecule has 3 rings (SSSR count). The molecule has 0 radical (unpaired) electrons. The van der Waals surface area contributed by atoms with Gasteiger partial charge in [-0.2, -0.15) is 0 Å². The largest absolute Gasteiger partial charge is 0.480 e. The zero-order chi connectivity index (χ0) is 21.5. The van der Waals surface area contributed by atoms with Gasteiger partial charge in [0.05, 0.1) is 5.56 Å². The third-order valence-electron chi connectivity index (χ3n) is 4.68. The van der Waals surface area contributed by atoms with Crippen molar-refractivity contribution in [3.8, 4) is 11.1 Å². The first-order chi connectivity index (χ1) is 14.5. The van der Waals surface area contributed by atoms with E-state index in [4.69, 9.17) is 0 Å². The topological polar surface area (TPSA) is 91.7 Å². The summed E-state index contributed by atoms with van der Waals surface area (Å²) in [5.74, 6) is -2.32. The maximum atomic E-state index is 12.6. The number of aliphatic carboxylic acids is 1. The molecule has 0 bridgehead atoms. The van der Waals surface area contributed by atoms with Crippen molar-refractivity contribution >= 4 is 28.8 Å². The SMILES string of the molecule is O=C(O)c1ccccc1C(=O)SC(CCc1ccccc1-c1ccccc1)C(=O)O. The van der Waals surface area contributed by atoms with Crippen LogP contribution in [0.4, 0.5) is 0 Å². The predicted molar refractivity (Wildman–Crippen MR) is 117 cm³/mol. The first-order valence-electron chi connectivity index (χ1n) is 9.37. The van der Waals surface area contributed by atoms with Gasteiger partial charge in [-0.1, -0.05) is 78.5 Å². The van der Waals surface area contributed by atoms with Crippen LogP contribution in [-0.4, -0.2) is 32.5 Å². The summed E-state index contributed by atoms with van der Waals surface area (Å²) in [6.45, 7) is 0. The molecular weight excluding hydrogens is 400 g/mol. The molecule has 30 heavy (non-hydrogen) atoms. The highest BCUT2D eigenvalue weighted by Crippen LogP contribution is 2.28. The molecule has 0 saturated heterocycles. The number of carboxylic acids is 2. The highest BCUT2D eigenvalue weighted by molar-refractivity contribution is 8.15. The Balaban J connectivity index is 1.76. The standard InChI is InChI=1S/C24H20O5S/c25-22(26)19-12-6-7-13-20(19)24(29)30-21(23(27)28)15-14-17-10-4-5-11-18(17)16-8-2-1-3-9-16/h1-13,21H,14-15H2,(H,25,26)(H,27,28). The van der Waals surface area contributed by atoms with Crippen LogP contribution in [0.1, 0.15) is 32.7 Å². The number of rotatable bonds is 8. The van der Waals surface area contributed by atoms with Crippen molar-refractivity contribution < 1.29 is 24.6 Å². The summed E-state index contributed by atoms with van der Waals surface area (Å²) in [5.41, 5.74) is 2.93. The molecule has 0 aliphatic heterocycles. The normalized spacial score (nSPS) is 11.6. The second-order valence-corrected chi connectivity index (χ2v) is 7.82. The second-order valence-electron chi connectivity index (χ2n) is 6.64. The number of thioether (sulfide) groups is 1. The van der Waals surface area contributed by atoms with Gasteiger partial charge in [-0.3, -0.25) is 9.59 Å². The second kappa shape index (κ2) is 9.89. The zero-order valence-electron chi connectivity index (χ0n) is 16.0. The van der Waals surface area contributed by atoms with Crippen LogP contribution in [0.5, 0.6) is 0 Å². The van der Waals surface area contributed by atoms with Crippen LogP contribution >= 0.6 is 11.8 Å². The smallest absolute Gasteiger partial charge is 0.336 e. The van der Waals surface area contributed by atoms with Crippen LogP contribution in [-0.2, 0) is 11.2 Å². The molecule has 5 nitrogen and oxygen atoms in total. The number of benzene rings is 3. The summed E-state index contributed by atoms with van der Waals surface area (Å²) in [6.07, 6.45) is 0.716. The lowest BCUT2D eigenvalue weighted by atomic mass is 9.96. The van der Waals surface area contributed by atoms with E-state index in [1.165, 1.54) is 18.2 Å². The number of hydrogen-bond donors (Lipinski definition) is 2. The molecule has 1 atom stereocenters. The molecule has 0 aromatic heterocycles. The van der Waals surface area contributed by atoms with Crippen molar-refractivity contribution in [2.24, 2.45) is 0 Å². The maximum absolute atomic E-state index is 12.6. The van der Waals surface area contributed by atoms with Gasteiger partial charge in [-0.05, 0) is 41.7 Å². The lowest BCUT2D eigenvalue weighted by Gasteiger charge is -2.14. The summed E-state index contributed by atoms with van der Waals surface area (Å²) in [5, 5.41) is 17.4. The van der Waals surface area contributed by atoms with E-state index in [1.54, 1.807) is 6.07 Å². The van der Waals surface area contributed by atoms with Crippen LogP contribution in [0.15, 0.2) is 78.9 Å². The van der Waals surface area contributed by atoms with Crippen molar-refractivity contribution in [1.82, 2.24) is 0 Å². The minimum absolute atomic E-state index is 0.00550.